The van der Waals surface area contributed by atoms with E-state index in [9.17, 15) is 4.79 Å². The largest absolute Gasteiger partial charge is 0.490 e. The molecule has 0 saturated heterocycles. The van der Waals surface area contributed by atoms with Crippen LogP contribution in [0.1, 0.15) is 48.5 Å². The van der Waals surface area contributed by atoms with E-state index in [4.69, 9.17) is 9.47 Å². The van der Waals surface area contributed by atoms with Crippen LogP contribution < -0.4 is 9.47 Å². The van der Waals surface area contributed by atoms with Crippen LogP contribution in [0.4, 0.5) is 0 Å². The average Bonchev–Trinajstić information content (AvgIpc) is 3.48. The van der Waals surface area contributed by atoms with E-state index in [1.165, 1.54) is 12.8 Å². The zero-order valence-electron chi connectivity index (χ0n) is 17.3. The Hall–Kier alpha value is -3.27. The van der Waals surface area contributed by atoms with Crippen LogP contribution in [0, 0.1) is 0 Å². The van der Waals surface area contributed by atoms with E-state index < -0.39 is 0 Å². The minimum atomic E-state index is -0.0294. The molecular weight excluding hydrogens is 374 g/mol. The molecule has 0 bridgehead atoms. The van der Waals surface area contributed by atoms with Crippen LogP contribution in [-0.4, -0.2) is 23.1 Å². The van der Waals surface area contributed by atoms with Crippen LogP contribution >= 0.6 is 0 Å². The van der Waals surface area contributed by atoms with E-state index in [1.807, 2.05) is 84.6 Å². The second-order valence-electron chi connectivity index (χ2n) is 7.50. The molecule has 30 heavy (non-hydrogen) atoms. The molecule has 154 valence electrons. The third-order valence-electron chi connectivity index (χ3n) is 5.35. The van der Waals surface area contributed by atoms with Gasteiger partial charge in [-0.1, -0.05) is 12.1 Å². The Morgan fingerprint density at radius 3 is 2.47 bits per heavy atom. The van der Waals surface area contributed by atoms with Gasteiger partial charge < -0.3 is 14.0 Å². The van der Waals surface area contributed by atoms with Crippen molar-refractivity contribution >= 4 is 11.9 Å². The number of ether oxygens (including phenoxy) is 2. The molecule has 1 fully saturated rings. The van der Waals surface area contributed by atoms with Gasteiger partial charge in [0.1, 0.15) is 0 Å². The van der Waals surface area contributed by atoms with E-state index in [0.29, 0.717) is 12.2 Å². The van der Waals surface area contributed by atoms with Crippen LogP contribution in [0.3, 0.4) is 0 Å². The molecule has 3 aromatic rings. The summed E-state index contributed by atoms with van der Waals surface area (Å²) in [6.07, 6.45) is 12.3. The smallest absolute Gasteiger partial charge is 0.185 e. The standard InChI is InChI=1S/C26H27NO3/c1-2-29-26-19-20(10-16-25(26)30-23-7-3-4-8-23)9-15-24(28)21-11-13-22(14-12-21)27-17-5-6-18-27/h5-6,9-19,23H,2-4,7-8H2,1H3/b15-9+. The Kier molecular flexibility index (Phi) is 6.33. The van der Waals surface area contributed by atoms with Gasteiger partial charge in [0, 0.05) is 23.6 Å². The van der Waals surface area contributed by atoms with Crippen molar-refractivity contribution < 1.29 is 14.3 Å². The van der Waals surface area contributed by atoms with Crippen LogP contribution in [0.2, 0.25) is 0 Å². The van der Waals surface area contributed by atoms with Gasteiger partial charge in [-0.2, -0.15) is 0 Å². The minimum Gasteiger partial charge on any atom is -0.490 e. The zero-order valence-corrected chi connectivity index (χ0v) is 17.3. The number of hydrogen-bond donors (Lipinski definition) is 0. The molecular formula is C26H27NO3. The van der Waals surface area contributed by atoms with Gasteiger partial charge >= 0.3 is 0 Å². The van der Waals surface area contributed by atoms with Gasteiger partial charge in [0.05, 0.1) is 12.7 Å². The van der Waals surface area contributed by atoms with E-state index in [1.54, 1.807) is 6.08 Å². The van der Waals surface area contributed by atoms with E-state index in [-0.39, 0.29) is 11.9 Å². The van der Waals surface area contributed by atoms with Crippen LogP contribution in [0.15, 0.2) is 73.1 Å². The lowest BCUT2D eigenvalue weighted by Crippen LogP contribution is -2.11. The lowest BCUT2D eigenvalue weighted by molar-refractivity contribution is 0.104. The average molecular weight is 402 g/mol. The monoisotopic (exact) mass is 401 g/mol. The van der Waals surface area contributed by atoms with Crippen molar-refractivity contribution in [3.63, 3.8) is 0 Å². The summed E-state index contributed by atoms with van der Waals surface area (Å²) in [6, 6.07) is 17.4. The topological polar surface area (TPSA) is 40.5 Å². The van der Waals surface area contributed by atoms with E-state index >= 15 is 0 Å². The summed E-state index contributed by atoms with van der Waals surface area (Å²) in [7, 11) is 0. The molecule has 2 aromatic carbocycles. The van der Waals surface area contributed by atoms with Crippen molar-refractivity contribution in [3.8, 4) is 17.2 Å². The lowest BCUT2D eigenvalue weighted by Gasteiger charge is -2.17. The van der Waals surface area contributed by atoms with Crippen LogP contribution in [0.25, 0.3) is 11.8 Å². The first-order chi connectivity index (χ1) is 14.7. The molecule has 1 aromatic heterocycles. The molecule has 0 unspecified atom stereocenters. The van der Waals surface area contributed by atoms with Gasteiger partial charge in [0.2, 0.25) is 0 Å². The van der Waals surface area contributed by atoms with Crippen molar-refractivity contribution in [3.05, 3.63) is 84.2 Å². The Morgan fingerprint density at radius 2 is 1.77 bits per heavy atom. The summed E-state index contributed by atoms with van der Waals surface area (Å²) in [6.45, 7) is 2.53. The van der Waals surface area contributed by atoms with Gasteiger partial charge in [-0.25, -0.2) is 0 Å². The molecule has 1 saturated carbocycles. The molecule has 0 aliphatic heterocycles. The van der Waals surface area contributed by atoms with Crippen LogP contribution in [-0.2, 0) is 0 Å². The number of carbonyl (C=O) groups excluding carboxylic acids is 1. The predicted octanol–water partition coefficient (Wildman–Crippen LogP) is 6.09. The number of allylic oxidation sites excluding steroid dienone is 1. The summed E-state index contributed by atoms with van der Waals surface area (Å²) in [5, 5.41) is 0. The zero-order chi connectivity index (χ0) is 20.8. The van der Waals surface area contributed by atoms with Crippen molar-refractivity contribution in [2.45, 2.75) is 38.7 Å². The number of nitrogens with zero attached hydrogens (tertiary/aromatic N) is 1. The highest BCUT2D eigenvalue weighted by atomic mass is 16.5. The predicted molar refractivity (Wildman–Crippen MR) is 120 cm³/mol. The molecule has 0 N–H and O–H groups in total. The first-order valence-electron chi connectivity index (χ1n) is 10.6. The fourth-order valence-electron chi connectivity index (χ4n) is 3.75. The van der Waals surface area contributed by atoms with Gasteiger partial charge in [0.15, 0.2) is 17.3 Å². The molecule has 4 nitrogen and oxygen atoms in total. The van der Waals surface area contributed by atoms with Crippen LogP contribution in [0.5, 0.6) is 11.5 Å². The van der Waals surface area contributed by atoms with Crippen molar-refractivity contribution in [1.82, 2.24) is 4.57 Å². The maximum absolute atomic E-state index is 12.6. The maximum Gasteiger partial charge on any atom is 0.185 e. The molecule has 0 atom stereocenters. The van der Waals surface area contributed by atoms with E-state index in [0.717, 1.165) is 35.6 Å². The molecule has 1 heterocycles. The number of ketones is 1. The number of rotatable bonds is 8. The first kappa shape index (κ1) is 20.0. The SMILES string of the molecule is CCOc1cc(/C=C/C(=O)c2ccc(-n3cccc3)cc2)ccc1OC1CCCC1. The second kappa shape index (κ2) is 9.49. The van der Waals surface area contributed by atoms with Crippen molar-refractivity contribution in [2.24, 2.45) is 0 Å². The fraction of sp³-hybridized carbons (Fsp3) is 0.269. The Balaban J connectivity index is 1.45. The number of carbonyl (C=O) groups is 1. The molecule has 0 amide bonds. The highest BCUT2D eigenvalue weighted by molar-refractivity contribution is 6.06. The third-order valence-corrected chi connectivity index (χ3v) is 5.35. The lowest BCUT2D eigenvalue weighted by atomic mass is 10.1. The Bertz CT molecular complexity index is 997. The normalized spacial score (nSPS) is 14.3. The van der Waals surface area contributed by atoms with Gasteiger partial charge in [0.25, 0.3) is 0 Å². The fourth-order valence-corrected chi connectivity index (χ4v) is 3.75. The molecule has 0 radical (unpaired) electrons. The van der Waals surface area contributed by atoms with Crippen molar-refractivity contribution in [2.75, 3.05) is 6.61 Å². The Labute approximate surface area is 177 Å². The summed E-state index contributed by atoms with van der Waals surface area (Å²) < 4.78 is 13.9. The molecule has 4 rings (SSSR count). The summed E-state index contributed by atoms with van der Waals surface area (Å²) in [5.41, 5.74) is 2.60. The molecule has 4 heteroatoms. The summed E-state index contributed by atoms with van der Waals surface area (Å²) in [4.78, 5) is 12.6. The maximum atomic E-state index is 12.6. The molecule has 0 spiro atoms. The summed E-state index contributed by atoms with van der Waals surface area (Å²) in [5.74, 6) is 1.49. The van der Waals surface area contributed by atoms with E-state index in [2.05, 4.69) is 0 Å². The van der Waals surface area contributed by atoms with Gasteiger partial charge in [-0.15, -0.1) is 0 Å². The minimum absolute atomic E-state index is 0.0294. The second-order valence-corrected chi connectivity index (χ2v) is 7.50. The number of hydrogen-bond acceptors (Lipinski definition) is 3. The quantitative estimate of drug-likeness (QED) is 0.338. The first-order valence-corrected chi connectivity index (χ1v) is 10.6. The number of aromatic nitrogens is 1. The Morgan fingerprint density at radius 1 is 1.03 bits per heavy atom. The third kappa shape index (κ3) is 4.82. The highest BCUT2D eigenvalue weighted by Gasteiger charge is 2.18. The number of benzene rings is 2. The van der Waals surface area contributed by atoms with Gasteiger partial charge in [-0.05, 0) is 92.8 Å². The summed E-state index contributed by atoms with van der Waals surface area (Å²) >= 11 is 0. The van der Waals surface area contributed by atoms with Gasteiger partial charge in [-0.3, -0.25) is 4.79 Å². The molecule has 1 aliphatic carbocycles. The van der Waals surface area contributed by atoms with Crippen molar-refractivity contribution in [1.29, 1.82) is 0 Å². The molecule has 1 aliphatic rings. The highest BCUT2D eigenvalue weighted by Crippen LogP contribution is 2.33.